The van der Waals surface area contributed by atoms with Crippen LogP contribution in [0.3, 0.4) is 0 Å². The number of thiophene rings is 2. The van der Waals surface area contributed by atoms with Gasteiger partial charge in [0, 0.05) is 41.4 Å². The molecule has 0 atom stereocenters. The smallest absolute Gasteiger partial charge is 0.194 e. The molecule has 34 heavy (non-hydrogen) atoms. The lowest BCUT2D eigenvalue weighted by Crippen LogP contribution is -2.20. The lowest BCUT2D eigenvalue weighted by atomic mass is 9.82. The Morgan fingerprint density at radius 3 is 1.32 bits per heavy atom. The maximum atomic E-state index is 13.5. The summed E-state index contributed by atoms with van der Waals surface area (Å²) >= 11 is 3.39. The van der Waals surface area contributed by atoms with Crippen LogP contribution in [0, 0.1) is 0 Å². The highest BCUT2D eigenvalue weighted by Crippen LogP contribution is 2.39. The van der Waals surface area contributed by atoms with Crippen LogP contribution in [0.4, 0.5) is 0 Å². The molecule has 0 radical (unpaired) electrons. The third-order valence-corrected chi connectivity index (χ3v) is 8.77. The fourth-order valence-electron chi connectivity index (χ4n) is 4.71. The highest BCUT2D eigenvalue weighted by molar-refractivity contribution is 7.22. The number of ketones is 2. The summed E-state index contributed by atoms with van der Waals surface area (Å²) < 4.78 is 2.41. The van der Waals surface area contributed by atoms with Gasteiger partial charge in [-0.05, 0) is 70.4 Å². The number of hydrogen-bond acceptors (Lipinski definition) is 4. The van der Waals surface area contributed by atoms with Crippen LogP contribution in [0.15, 0.2) is 97.1 Å². The van der Waals surface area contributed by atoms with Crippen LogP contribution in [0.25, 0.3) is 41.1 Å². The van der Waals surface area contributed by atoms with Gasteiger partial charge in [-0.15, -0.1) is 22.7 Å². The lowest BCUT2D eigenvalue weighted by molar-refractivity contribution is 0.0979. The van der Waals surface area contributed by atoms with Gasteiger partial charge in [-0.2, -0.15) is 0 Å². The van der Waals surface area contributed by atoms with Gasteiger partial charge in [0.05, 0.1) is 0 Å². The normalized spacial score (nSPS) is 12.8. The highest BCUT2D eigenvalue weighted by Gasteiger charge is 2.30. The summed E-state index contributed by atoms with van der Waals surface area (Å²) in [6.07, 6.45) is 0. The molecule has 7 rings (SSSR count). The molecule has 4 heteroatoms. The van der Waals surface area contributed by atoms with Gasteiger partial charge in [0.1, 0.15) is 0 Å². The summed E-state index contributed by atoms with van der Waals surface area (Å²) in [6.45, 7) is 0. The average molecular weight is 473 g/mol. The summed E-state index contributed by atoms with van der Waals surface area (Å²) in [4.78, 5) is 29.1. The van der Waals surface area contributed by atoms with E-state index in [1.165, 1.54) is 20.2 Å². The van der Waals surface area contributed by atoms with Crippen LogP contribution >= 0.6 is 22.7 Å². The van der Waals surface area contributed by atoms with Crippen LogP contribution in [-0.2, 0) is 0 Å². The van der Waals surface area contributed by atoms with Gasteiger partial charge < -0.3 is 0 Å². The first-order valence-corrected chi connectivity index (χ1v) is 12.6. The second kappa shape index (κ2) is 7.32. The van der Waals surface area contributed by atoms with E-state index in [1.54, 1.807) is 22.7 Å². The molecule has 6 aromatic rings. The zero-order valence-electron chi connectivity index (χ0n) is 17.9. The van der Waals surface area contributed by atoms with E-state index in [-0.39, 0.29) is 11.6 Å². The summed E-state index contributed by atoms with van der Waals surface area (Å²) in [6, 6.07) is 32.1. The first kappa shape index (κ1) is 19.6. The van der Waals surface area contributed by atoms with Crippen LogP contribution in [0.1, 0.15) is 31.8 Å². The number of carbonyl (C=O) groups excluding carboxylic acids is 2. The highest BCUT2D eigenvalue weighted by atomic mass is 32.1. The fourth-order valence-corrected chi connectivity index (χ4v) is 6.82. The molecule has 0 unspecified atom stereocenters. The molecule has 2 nitrogen and oxygen atoms in total. The van der Waals surface area contributed by atoms with E-state index in [9.17, 15) is 9.59 Å². The third-order valence-electron chi connectivity index (χ3n) is 6.44. The molecule has 160 valence electrons. The molecular formula is C30H16O2S2. The van der Waals surface area contributed by atoms with Crippen molar-refractivity contribution < 1.29 is 9.59 Å². The Labute approximate surface area is 203 Å². The van der Waals surface area contributed by atoms with E-state index in [4.69, 9.17) is 0 Å². The lowest BCUT2D eigenvalue weighted by Gasteiger charge is -2.19. The van der Waals surface area contributed by atoms with Crippen molar-refractivity contribution in [2.75, 3.05) is 0 Å². The first-order valence-electron chi connectivity index (χ1n) is 11.0. The van der Waals surface area contributed by atoms with Crippen LogP contribution in [0.2, 0.25) is 0 Å². The largest absolute Gasteiger partial charge is 0.289 e. The zero-order chi connectivity index (χ0) is 22.8. The van der Waals surface area contributed by atoms with Crippen LogP contribution in [-0.4, -0.2) is 11.6 Å². The van der Waals surface area contributed by atoms with Crippen molar-refractivity contribution in [2.24, 2.45) is 0 Å². The van der Waals surface area contributed by atoms with E-state index < -0.39 is 0 Å². The van der Waals surface area contributed by atoms with Gasteiger partial charge >= 0.3 is 0 Å². The topological polar surface area (TPSA) is 34.1 Å². The van der Waals surface area contributed by atoms with E-state index in [0.29, 0.717) is 22.3 Å². The second-order valence-corrected chi connectivity index (χ2v) is 10.6. The van der Waals surface area contributed by atoms with Crippen molar-refractivity contribution in [1.82, 2.24) is 0 Å². The summed E-state index contributed by atoms with van der Waals surface area (Å²) in [5.74, 6) is -0.175. The van der Waals surface area contributed by atoms with Crippen molar-refractivity contribution >= 4 is 54.4 Å². The molecule has 0 saturated carbocycles. The molecule has 0 aliphatic heterocycles. The molecule has 1 aliphatic carbocycles. The van der Waals surface area contributed by atoms with Gasteiger partial charge in [-0.25, -0.2) is 0 Å². The molecular weight excluding hydrogens is 456 g/mol. The minimum atomic E-state index is -0.0875. The Kier molecular flexibility index (Phi) is 4.22. The monoisotopic (exact) mass is 472 g/mol. The molecule has 0 spiro atoms. The second-order valence-electron chi connectivity index (χ2n) is 8.48. The quantitative estimate of drug-likeness (QED) is 0.254. The van der Waals surface area contributed by atoms with E-state index in [2.05, 4.69) is 36.4 Å². The Morgan fingerprint density at radius 1 is 0.441 bits per heavy atom. The van der Waals surface area contributed by atoms with Crippen molar-refractivity contribution in [2.45, 2.75) is 0 Å². The predicted octanol–water partition coefficient (Wildman–Crippen LogP) is 8.23. The molecule has 0 saturated heterocycles. The SMILES string of the molecule is O=C1c2ccc(-c3cc4ccccc4s3)cc2C(=O)c2ccc(-c3cc4ccccc4s3)cc21. The molecule has 1 aliphatic rings. The number of benzene rings is 4. The maximum absolute atomic E-state index is 13.5. The van der Waals surface area contributed by atoms with Crippen LogP contribution < -0.4 is 0 Å². The van der Waals surface area contributed by atoms with E-state index in [0.717, 1.165) is 20.9 Å². The molecule has 2 aromatic heterocycles. The average Bonchev–Trinajstić information content (AvgIpc) is 3.51. The third kappa shape index (κ3) is 2.93. The molecule has 0 amide bonds. The Hall–Kier alpha value is -3.86. The summed E-state index contributed by atoms with van der Waals surface area (Å²) in [5, 5.41) is 2.36. The molecule has 4 aromatic carbocycles. The molecule has 2 heterocycles. The van der Waals surface area contributed by atoms with Crippen molar-refractivity contribution in [3.8, 4) is 20.9 Å². The Morgan fingerprint density at radius 2 is 0.882 bits per heavy atom. The molecule has 0 N–H and O–H groups in total. The Balaban J connectivity index is 1.31. The molecule has 0 fully saturated rings. The van der Waals surface area contributed by atoms with Gasteiger partial charge in [0.25, 0.3) is 0 Å². The summed E-state index contributed by atoms with van der Waals surface area (Å²) in [7, 11) is 0. The fraction of sp³-hybridized carbons (Fsp3) is 0. The van der Waals surface area contributed by atoms with E-state index in [1.807, 2.05) is 60.7 Å². The van der Waals surface area contributed by atoms with Gasteiger partial charge in [-0.3, -0.25) is 9.59 Å². The van der Waals surface area contributed by atoms with Gasteiger partial charge in [0.2, 0.25) is 0 Å². The minimum Gasteiger partial charge on any atom is -0.289 e. The van der Waals surface area contributed by atoms with E-state index >= 15 is 0 Å². The zero-order valence-corrected chi connectivity index (χ0v) is 19.5. The number of carbonyl (C=O) groups is 2. The number of rotatable bonds is 2. The summed E-state index contributed by atoms with van der Waals surface area (Å²) in [5.41, 5.74) is 3.87. The van der Waals surface area contributed by atoms with Crippen molar-refractivity contribution in [3.63, 3.8) is 0 Å². The maximum Gasteiger partial charge on any atom is 0.194 e. The van der Waals surface area contributed by atoms with Crippen molar-refractivity contribution in [3.05, 3.63) is 119 Å². The predicted molar refractivity (Wildman–Crippen MR) is 141 cm³/mol. The van der Waals surface area contributed by atoms with Crippen molar-refractivity contribution in [1.29, 1.82) is 0 Å². The minimum absolute atomic E-state index is 0.0875. The Bertz CT molecular complexity index is 1600. The van der Waals surface area contributed by atoms with Crippen LogP contribution in [0.5, 0.6) is 0 Å². The van der Waals surface area contributed by atoms with Gasteiger partial charge in [0.15, 0.2) is 11.6 Å². The number of hydrogen-bond donors (Lipinski definition) is 0. The van der Waals surface area contributed by atoms with Gasteiger partial charge in [-0.1, -0.05) is 48.5 Å². The first-order chi connectivity index (χ1) is 16.7. The standard InChI is InChI=1S/C30H16O2S2/c31-29-22-12-10-20(28-16-18-6-2-4-8-26(18)34-28)14-24(22)30(32)21-11-9-19(13-23(21)29)27-15-17-5-1-3-7-25(17)33-27/h1-16H. The number of fused-ring (bicyclic) bond motifs is 4. The molecule has 0 bridgehead atoms.